The minimum Gasteiger partial charge on any atom is -0.462 e. The molecule has 0 saturated carbocycles. The number of ether oxygens (including phenoxy) is 3. The second kappa shape index (κ2) is 37.7. The molecule has 0 aromatic carbocycles. The standard InChI is InChI=1S/C43H82O6/c1-5-7-9-11-13-15-17-19-22-26-30-34-41(44)47-37-40(49-43(46)36-32-28-23-18-16-14-12-10-8-6-2)38-48-42(45)35-31-27-24-20-21-25-29-33-39(3)4/h39-40H,5-38H2,1-4H3/t40-/m0/s1. The van der Waals surface area contributed by atoms with Gasteiger partial charge in [-0.3, -0.25) is 14.4 Å². The van der Waals surface area contributed by atoms with Crippen LogP contribution in [0, 0.1) is 5.92 Å². The molecular formula is C43H82O6. The Labute approximate surface area is 304 Å². The monoisotopic (exact) mass is 695 g/mol. The SMILES string of the molecule is CCCCCCCCCCCCCC(=O)OC[C@@H](COC(=O)CCCCCCCCCC(C)C)OC(=O)CCCCCCCCCCCC. The molecule has 0 aromatic heterocycles. The molecule has 0 spiro atoms. The highest BCUT2D eigenvalue weighted by Crippen LogP contribution is 2.15. The maximum atomic E-state index is 12.6. The minimum atomic E-state index is -0.758. The molecule has 1 atom stereocenters. The first kappa shape index (κ1) is 47.4. The third-order valence-corrected chi connectivity index (χ3v) is 9.54. The van der Waals surface area contributed by atoms with E-state index in [2.05, 4.69) is 27.7 Å². The van der Waals surface area contributed by atoms with Gasteiger partial charge in [0.2, 0.25) is 0 Å². The Balaban J connectivity index is 4.34. The fraction of sp³-hybridized carbons (Fsp3) is 0.930. The zero-order valence-corrected chi connectivity index (χ0v) is 33.1. The van der Waals surface area contributed by atoms with Crippen LogP contribution in [0.5, 0.6) is 0 Å². The maximum Gasteiger partial charge on any atom is 0.306 e. The molecule has 0 N–H and O–H groups in total. The van der Waals surface area contributed by atoms with E-state index in [0.717, 1.165) is 63.7 Å². The average Bonchev–Trinajstić information content (AvgIpc) is 3.08. The number of carbonyl (C=O) groups excluding carboxylic acids is 3. The first-order valence-corrected chi connectivity index (χ1v) is 21.4. The van der Waals surface area contributed by atoms with Gasteiger partial charge in [-0.05, 0) is 25.2 Å². The lowest BCUT2D eigenvalue weighted by Gasteiger charge is -2.18. The molecule has 0 bridgehead atoms. The van der Waals surface area contributed by atoms with E-state index in [9.17, 15) is 14.4 Å². The minimum absolute atomic E-state index is 0.0648. The van der Waals surface area contributed by atoms with Gasteiger partial charge in [-0.15, -0.1) is 0 Å². The van der Waals surface area contributed by atoms with Gasteiger partial charge >= 0.3 is 17.9 Å². The fourth-order valence-electron chi connectivity index (χ4n) is 6.27. The van der Waals surface area contributed by atoms with Gasteiger partial charge in [-0.2, -0.15) is 0 Å². The highest BCUT2D eigenvalue weighted by molar-refractivity contribution is 5.71. The van der Waals surface area contributed by atoms with E-state index in [1.165, 1.54) is 128 Å². The molecule has 0 unspecified atom stereocenters. The summed E-state index contributed by atoms with van der Waals surface area (Å²) >= 11 is 0. The second-order valence-corrected chi connectivity index (χ2v) is 15.1. The van der Waals surface area contributed by atoms with Gasteiger partial charge in [0.15, 0.2) is 6.10 Å². The van der Waals surface area contributed by atoms with Crippen LogP contribution in [0.2, 0.25) is 0 Å². The predicted octanol–water partition coefficient (Wildman–Crippen LogP) is 13.2. The fourth-order valence-corrected chi connectivity index (χ4v) is 6.27. The van der Waals surface area contributed by atoms with Crippen LogP contribution in [0.1, 0.15) is 233 Å². The van der Waals surface area contributed by atoms with Crippen LogP contribution >= 0.6 is 0 Å². The Kier molecular flexibility index (Phi) is 36.4. The van der Waals surface area contributed by atoms with Crippen LogP contribution < -0.4 is 0 Å². The summed E-state index contributed by atoms with van der Waals surface area (Å²) in [4.78, 5) is 37.5. The van der Waals surface area contributed by atoms with Crippen LogP contribution in [-0.4, -0.2) is 37.2 Å². The van der Waals surface area contributed by atoms with E-state index in [-0.39, 0.29) is 31.1 Å². The third-order valence-electron chi connectivity index (χ3n) is 9.54. The zero-order chi connectivity index (χ0) is 36.0. The van der Waals surface area contributed by atoms with Crippen molar-refractivity contribution in [1.29, 1.82) is 0 Å². The molecule has 0 rings (SSSR count). The lowest BCUT2D eigenvalue weighted by atomic mass is 10.0. The zero-order valence-electron chi connectivity index (χ0n) is 33.1. The van der Waals surface area contributed by atoms with Gasteiger partial charge in [-0.1, -0.05) is 195 Å². The van der Waals surface area contributed by atoms with Gasteiger partial charge in [0.1, 0.15) is 13.2 Å². The Bertz CT molecular complexity index is 736. The quantitative estimate of drug-likeness (QED) is 0.0364. The lowest BCUT2D eigenvalue weighted by molar-refractivity contribution is -0.167. The number of esters is 3. The van der Waals surface area contributed by atoms with Crippen molar-refractivity contribution in [3.8, 4) is 0 Å². The first-order valence-electron chi connectivity index (χ1n) is 21.4. The highest BCUT2D eigenvalue weighted by atomic mass is 16.6. The molecule has 290 valence electrons. The number of hydrogen-bond acceptors (Lipinski definition) is 6. The number of rotatable bonds is 38. The van der Waals surface area contributed by atoms with Crippen molar-refractivity contribution >= 4 is 17.9 Å². The van der Waals surface area contributed by atoms with Crippen molar-refractivity contribution in [2.75, 3.05) is 13.2 Å². The Hall–Kier alpha value is -1.59. The van der Waals surface area contributed by atoms with E-state index in [0.29, 0.717) is 19.3 Å². The Morgan fingerprint density at radius 2 is 0.673 bits per heavy atom. The smallest absolute Gasteiger partial charge is 0.306 e. The van der Waals surface area contributed by atoms with Crippen molar-refractivity contribution in [3.05, 3.63) is 0 Å². The third kappa shape index (κ3) is 37.5. The van der Waals surface area contributed by atoms with Crippen molar-refractivity contribution in [2.24, 2.45) is 5.92 Å². The van der Waals surface area contributed by atoms with Crippen molar-refractivity contribution < 1.29 is 28.6 Å². The van der Waals surface area contributed by atoms with Crippen molar-refractivity contribution in [2.45, 2.75) is 239 Å². The molecule has 0 aromatic rings. The molecule has 0 fully saturated rings. The first-order chi connectivity index (χ1) is 23.9. The molecule has 0 aliphatic heterocycles. The number of unbranched alkanes of at least 4 members (excludes halogenated alkanes) is 25. The second-order valence-electron chi connectivity index (χ2n) is 15.1. The molecule has 0 saturated heterocycles. The molecule has 0 radical (unpaired) electrons. The predicted molar refractivity (Wildman–Crippen MR) is 206 cm³/mol. The largest absolute Gasteiger partial charge is 0.462 e. The molecule has 6 nitrogen and oxygen atoms in total. The van der Waals surface area contributed by atoms with E-state index in [1.807, 2.05) is 0 Å². The van der Waals surface area contributed by atoms with Crippen molar-refractivity contribution in [1.82, 2.24) is 0 Å². The van der Waals surface area contributed by atoms with Crippen LogP contribution in [0.15, 0.2) is 0 Å². The van der Waals surface area contributed by atoms with Gasteiger partial charge in [0.05, 0.1) is 0 Å². The maximum absolute atomic E-state index is 12.6. The van der Waals surface area contributed by atoms with Crippen molar-refractivity contribution in [3.63, 3.8) is 0 Å². The molecule has 49 heavy (non-hydrogen) atoms. The number of hydrogen-bond donors (Lipinski definition) is 0. The molecule has 0 heterocycles. The van der Waals surface area contributed by atoms with Gasteiger partial charge < -0.3 is 14.2 Å². The van der Waals surface area contributed by atoms with Crippen LogP contribution in [0.25, 0.3) is 0 Å². The normalized spacial score (nSPS) is 11.9. The summed E-state index contributed by atoms with van der Waals surface area (Å²) in [5.41, 5.74) is 0. The topological polar surface area (TPSA) is 78.9 Å². The summed E-state index contributed by atoms with van der Waals surface area (Å²) < 4.78 is 16.6. The summed E-state index contributed by atoms with van der Waals surface area (Å²) in [5.74, 6) is -0.0810. The molecule has 0 aliphatic carbocycles. The van der Waals surface area contributed by atoms with E-state index < -0.39 is 6.10 Å². The highest BCUT2D eigenvalue weighted by Gasteiger charge is 2.19. The Morgan fingerprint density at radius 3 is 1.00 bits per heavy atom. The van der Waals surface area contributed by atoms with Crippen LogP contribution in [-0.2, 0) is 28.6 Å². The number of carbonyl (C=O) groups is 3. The molecule has 6 heteroatoms. The van der Waals surface area contributed by atoms with Gasteiger partial charge in [0, 0.05) is 19.3 Å². The van der Waals surface area contributed by atoms with Crippen LogP contribution in [0.4, 0.5) is 0 Å². The molecule has 0 amide bonds. The summed E-state index contributed by atoms with van der Waals surface area (Å²) in [6, 6.07) is 0. The van der Waals surface area contributed by atoms with Gasteiger partial charge in [0.25, 0.3) is 0 Å². The van der Waals surface area contributed by atoms with E-state index >= 15 is 0 Å². The summed E-state index contributed by atoms with van der Waals surface area (Å²) in [7, 11) is 0. The van der Waals surface area contributed by atoms with E-state index in [4.69, 9.17) is 14.2 Å². The lowest BCUT2D eigenvalue weighted by Crippen LogP contribution is -2.30. The van der Waals surface area contributed by atoms with Gasteiger partial charge in [-0.25, -0.2) is 0 Å². The Morgan fingerprint density at radius 1 is 0.388 bits per heavy atom. The summed E-state index contributed by atoms with van der Waals surface area (Å²) in [5, 5.41) is 0. The van der Waals surface area contributed by atoms with E-state index in [1.54, 1.807) is 0 Å². The molecule has 0 aliphatic rings. The summed E-state index contributed by atoms with van der Waals surface area (Å²) in [6.45, 7) is 8.91. The van der Waals surface area contributed by atoms with Crippen LogP contribution in [0.3, 0.4) is 0 Å². The molecular weight excluding hydrogens is 612 g/mol. The summed E-state index contributed by atoms with van der Waals surface area (Å²) in [6.07, 6.45) is 35.2. The average molecular weight is 695 g/mol.